The van der Waals surface area contributed by atoms with Crippen molar-refractivity contribution < 1.29 is 4.79 Å². The highest BCUT2D eigenvalue weighted by Crippen LogP contribution is 2.12. The van der Waals surface area contributed by atoms with Crippen LogP contribution >= 0.6 is 0 Å². The fourth-order valence-corrected chi connectivity index (χ4v) is 2.36. The number of anilines is 1. The van der Waals surface area contributed by atoms with Gasteiger partial charge in [-0.15, -0.1) is 5.10 Å². The zero-order valence-electron chi connectivity index (χ0n) is 16.1. The SMILES string of the molecule is CC.Cc1ncc(Cn2nnc(CNC(=O)c3ccccc3)c2C)c(N)n1. The Morgan fingerprint density at radius 1 is 1.19 bits per heavy atom. The second-order valence-electron chi connectivity index (χ2n) is 5.66. The molecule has 3 aromatic rings. The average Bonchev–Trinajstić information content (AvgIpc) is 3.04. The van der Waals surface area contributed by atoms with E-state index in [0.29, 0.717) is 36.0 Å². The molecular formula is C19H25N7O. The Balaban J connectivity index is 0.00000126. The quantitative estimate of drug-likeness (QED) is 0.715. The molecule has 8 nitrogen and oxygen atoms in total. The molecule has 8 heteroatoms. The monoisotopic (exact) mass is 367 g/mol. The molecule has 27 heavy (non-hydrogen) atoms. The van der Waals surface area contributed by atoms with Crippen molar-refractivity contribution in [3.8, 4) is 0 Å². The maximum Gasteiger partial charge on any atom is 0.251 e. The van der Waals surface area contributed by atoms with Crippen LogP contribution < -0.4 is 11.1 Å². The van der Waals surface area contributed by atoms with Gasteiger partial charge < -0.3 is 11.1 Å². The van der Waals surface area contributed by atoms with Crippen LogP contribution in [0.25, 0.3) is 0 Å². The zero-order chi connectivity index (χ0) is 19.8. The molecule has 0 fully saturated rings. The number of aromatic nitrogens is 5. The van der Waals surface area contributed by atoms with Crippen LogP contribution in [0.15, 0.2) is 36.5 Å². The minimum absolute atomic E-state index is 0.147. The van der Waals surface area contributed by atoms with Crippen LogP contribution in [0.5, 0.6) is 0 Å². The Morgan fingerprint density at radius 3 is 2.56 bits per heavy atom. The van der Waals surface area contributed by atoms with Gasteiger partial charge in [0.1, 0.15) is 17.3 Å². The maximum atomic E-state index is 12.1. The van der Waals surface area contributed by atoms with Gasteiger partial charge in [0, 0.05) is 17.3 Å². The van der Waals surface area contributed by atoms with E-state index in [0.717, 1.165) is 11.3 Å². The van der Waals surface area contributed by atoms with E-state index in [9.17, 15) is 4.79 Å². The maximum absolute atomic E-state index is 12.1. The number of hydrogen-bond acceptors (Lipinski definition) is 6. The number of carbonyl (C=O) groups is 1. The summed E-state index contributed by atoms with van der Waals surface area (Å²) >= 11 is 0. The summed E-state index contributed by atoms with van der Waals surface area (Å²) in [7, 11) is 0. The lowest BCUT2D eigenvalue weighted by Gasteiger charge is -2.07. The summed E-state index contributed by atoms with van der Waals surface area (Å²) in [4.78, 5) is 20.4. The predicted octanol–water partition coefficient (Wildman–Crippen LogP) is 2.27. The Bertz CT molecular complexity index is 890. The number of aryl methyl sites for hydroxylation is 1. The van der Waals surface area contributed by atoms with Gasteiger partial charge in [0.15, 0.2) is 0 Å². The minimum atomic E-state index is -0.147. The number of carbonyl (C=O) groups excluding carboxylic acids is 1. The summed E-state index contributed by atoms with van der Waals surface area (Å²) in [5, 5.41) is 11.1. The number of benzene rings is 1. The second kappa shape index (κ2) is 9.42. The van der Waals surface area contributed by atoms with Crippen molar-refractivity contribution in [2.24, 2.45) is 0 Å². The highest BCUT2D eigenvalue weighted by molar-refractivity contribution is 5.94. The topological polar surface area (TPSA) is 112 Å². The van der Waals surface area contributed by atoms with Gasteiger partial charge >= 0.3 is 0 Å². The van der Waals surface area contributed by atoms with Gasteiger partial charge in [-0.25, -0.2) is 14.6 Å². The standard InChI is InChI=1S/C17H19N7O.C2H6/c1-11-15(9-20-17(25)13-6-4-3-5-7-13)22-23-24(11)10-14-8-19-12(2)21-16(14)18;1-2/h3-8H,9-10H2,1-2H3,(H,20,25)(H2,18,19,21);1-2H3. The van der Waals surface area contributed by atoms with Crippen molar-refractivity contribution in [1.29, 1.82) is 0 Å². The Morgan fingerprint density at radius 2 is 1.89 bits per heavy atom. The smallest absolute Gasteiger partial charge is 0.251 e. The third kappa shape index (κ3) is 5.10. The first-order chi connectivity index (χ1) is 13.0. The van der Waals surface area contributed by atoms with Crippen LogP contribution in [-0.2, 0) is 13.1 Å². The highest BCUT2D eigenvalue weighted by atomic mass is 16.1. The molecule has 0 spiro atoms. The molecule has 142 valence electrons. The van der Waals surface area contributed by atoms with Gasteiger partial charge in [-0.2, -0.15) is 0 Å². The van der Waals surface area contributed by atoms with E-state index < -0.39 is 0 Å². The van der Waals surface area contributed by atoms with Crippen LogP contribution in [0, 0.1) is 13.8 Å². The summed E-state index contributed by atoms with van der Waals surface area (Å²) in [6, 6.07) is 9.04. The molecule has 0 aliphatic carbocycles. The fraction of sp³-hybridized carbons (Fsp3) is 0.316. The molecule has 1 aromatic carbocycles. The molecule has 0 saturated heterocycles. The van der Waals surface area contributed by atoms with E-state index in [4.69, 9.17) is 5.73 Å². The third-order valence-electron chi connectivity index (χ3n) is 3.87. The summed E-state index contributed by atoms with van der Waals surface area (Å²) in [5.74, 6) is 0.910. The lowest BCUT2D eigenvalue weighted by Crippen LogP contribution is -2.23. The van der Waals surface area contributed by atoms with Gasteiger partial charge in [-0.05, 0) is 26.0 Å². The number of amides is 1. The molecular weight excluding hydrogens is 342 g/mol. The van der Waals surface area contributed by atoms with Gasteiger partial charge in [-0.3, -0.25) is 4.79 Å². The molecule has 3 N–H and O–H groups in total. The van der Waals surface area contributed by atoms with Crippen molar-refractivity contribution in [1.82, 2.24) is 30.3 Å². The number of hydrogen-bond donors (Lipinski definition) is 2. The molecule has 0 saturated carbocycles. The van der Waals surface area contributed by atoms with Crippen molar-refractivity contribution in [3.63, 3.8) is 0 Å². The van der Waals surface area contributed by atoms with Crippen LogP contribution in [0.2, 0.25) is 0 Å². The lowest BCUT2D eigenvalue weighted by molar-refractivity contribution is 0.0950. The first kappa shape index (κ1) is 20.0. The van der Waals surface area contributed by atoms with Crippen molar-refractivity contribution in [2.45, 2.75) is 40.8 Å². The summed E-state index contributed by atoms with van der Waals surface area (Å²) in [6.45, 7) is 8.42. The van der Waals surface area contributed by atoms with Crippen molar-refractivity contribution in [3.05, 3.63) is 64.9 Å². The number of nitrogen functional groups attached to an aromatic ring is 1. The summed E-state index contributed by atoms with van der Waals surface area (Å²) in [5.41, 5.74) is 8.86. The Hall–Kier alpha value is -3.29. The van der Waals surface area contributed by atoms with Crippen LogP contribution in [0.4, 0.5) is 5.82 Å². The molecule has 0 radical (unpaired) electrons. The van der Waals surface area contributed by atoms with Gasteiger partial charge in [0.25, 0.3) is 5.91 Å². The van der Waals surface area contributed by atoms with E-state index in [1.165, 1.54) is 0 Å². The molecule has 0 aliphatic heterocycles. The minimum Gasteiger partial charge on any atom is -0.383 e. The second-order valence-corrected chi connectivity index (χ2v) is 5.66. The van der Waals surface area contributed by atoms with Crippen LogP contribution in [0.1, 0.15) is 47.0 Å². The fourth-order valence-electron chi connectivity index (χ4n) is 2.36. The molecule has 0 atom stereocenters. The Kier molecular flexibility index (Phi) is 6.99. The molecule has 0 bridgehead atoms. The first-order valence-corrected chi connectivity index (χ1v) is 8.85. The third-order valence-corrected chi connectivity index (χ3v) is 3.87. The number of nitrogens with one attached hydrogen (secondary N) is 1. The molecule has 1 amide bonds. The molecule has 2 aromatic heterocycles. The highest BCUT2D eigenvalue weighted by Gasteiger charge is 2.12. The van der Waals surface area contributed by atoms with Crippen LogP contribution in [0.3, 0.4) is 0 Å². The van der Waals surface area contributed by atoms with Gasteiger partial charge in [-0.1, -0.05) is 37.3 Å². The zero-order valence-corrected chi connectivity index (χ0v) is 16.1. The average molecular weight is 367 g/mol. The molecule has 2 heterocycles. The van der Waals surface area contributed by atoms with Gasteiger partial charge in [0.2, 0.25) is 0 Å². The van der Waals surface area contributed by atoms with E-state index in [-0.39, 0.29) is 5.91 Å². The largest absolute Gasteiger partial charge is 0.383 e. The Labute approximate surface area is 158 Å². The van der Waals surface area contributed by atoms with E-state index >= 15 is 0 Å². The molecule has 0 unspecified atom stereocenters. The van der Waals surface area contributed by atoms with E-state index in [2.05, 4.69) is 25.6 Å². The summed E-state index contributed by atoms with van der Waals surface area (Å²) < 4.78 is 1.72. The normalized spacial score (nSPS) is 10.1. The van der Waals surface area contributed by atoms with Gasteiger partial charge in [0.05, 0.1) is 18.8 Å². The number of nitrogens with zero attached hydrogens (tertiary/aromatic N) is 5. The number of rotatable bonds is 5. The summed E-state index contributed by atoms with van der Waals surface area (Å²) in [6.07, 6.45) is 1.69. The molecule has 0 aliphatic rings. The van der Waals surface area contributed by atoms with Crippen LogP contribution in [-0.4, -0.2) is 30.9 Å². The first-order valence-electron chi connectivity index (χ1n) is 8.85. The van der Waals surface area contributed by atoms with E-state index in [1.807, 2.05) is 39.0 Å². The predicted molar refractivity (Wildman–Crippen MR) is 104 cm³/mol. The van der Waals surface area contributed by atoms with Crippen molar-refractivity contribution >= 4 is 11.7 Å². The number of nitrogens with two attached hydrogens (primary N) is 1. The van der Waals surface area contributed by atoms with E-state index in [1.54, 1.807) is 29.9 Å². The lowest BCUT2D eigenvalue weighted by atomic mass is 10.2. The van der Waals surface area contributed by atoms with Crippen molar-refractivity contribution in [2.75, 3.05) is 5.73 Å². The molecule has 3 rings (SSSR count).